The maximum Gasteiger partial charge on any atom is 0.0917 e. The summed E-state index contributed by atoms with van der Waals surface area (Å²) in [6, 6.07) is 10.1. The highest BCUT2D eigenvalue weighted by molar-refractivity contribution is 9.10. The molecule has 0 bridgehead atoms. The molecular weight excluding hydrogens is 296 g/mol. The number of benzene rings is 1. The van der Waals surface area contributed by atoms with Crippen LogP contribution in [0.4, 0.5) is 0 Å². The summed E-state index contributed by atoms with van der Waals surface area (Å²) in [7, 11) is 0. The van der Waals surface area contributed by atoms with Gasteiger partial charge >= 0.3 is 0 Å². The van der Waals surface area contributed by atoms with E-state index in [-0.39, 0.29) is 0 Å². The van der Waals surface area contributed by atoms with Crippen molar-refractivity contribution in [1.82, 2.24) is 0 Å². The third-order valence-electron chi connectivity index (χ3n) is 2.87. The first-order chi connectivity index (χ1) is 7.99. The molecular formula is C14H15BrOS. The van der Waals surface area contributed by atoms with Gasteiger partial charge in [0.15, 0.2) is 0 Å². The lowest BCUT2D eigenvalue weighted by Crippen LogP contribution is -2.23. The highest BCUT2D eigenvalue weighted by Gasteiger charge is 2.24. The molecule has 0 fully saturated rings. The van der Waals surface area contributed by atoms with E-state index in [0.29, 0.717) is 6.42 Å². The van der Waals surface area contributed by atoms with Crippen LogP contribution in [-0.4, -0.2) is 5.11 Å². The predicted octanol–water partition coefficient (Wildman–Crippen LogP) is 4.27. The quantitative estimate of drug-likeness (QED) is 0.897. The summed E-state index contributed by atoms with van der Waals surface area (Å²) in [5.74, 6) is 0. The molecule has 3 heteroatoms. The van der Waals surface area contributed by atoms with Crippen molar-refractivity contribution in [2.45, 2.75) is 25.9 Å². The third kappa shape index (κ3) is 2.97. The van der Waals surface area contributed by atoms with Crippen molar-refractivity contribution in [2.24, 2.45) is 0 Å². The summed E-state index contributed by atoms with van der Waals surface area (Å²) in [6.45, 7) is 3.91. The Morgan fingerprint density at radius 3 is 2.41 bits per heavy atom. The lowest BCUT2D eigenvalue weighted by molar-refractivity contribution is 0.0583. The van der Waals surface area contributed by atoms with E-state index in [1.165, 1.54) is 10.4 Å². The number of halogens is 1. The molecule has 2 aromatic rings. The Balaban J connectivity index is 2.24. The minimum Gasteiger partial charge on any atom is -0.385 e. The monoisotopic (exact) mass is 310 g/mol. The second-order valence-corrected chi connectivity index (χ2v) is 6.36. The highest BCUT2D eigenvalue weighted by Crippen LogP contribution is 2.31. The maximum absolute atomic E-state index is 10.6. The van der Waals surface area contributed by atoms with Crippen molar-refractivity contribution < 1.29 is 5.11 Å². The number of thiophene rings is 1. The molecule has 0 saturated carbocycles. The van der Waals surface area contributed by atoms with E-state index in [0.717, 1.165) is 10.0 Å². The first-order valence-electron chi connectivity index (χ1n) is 5.50. The van der Waals surface area contributed by atoms with E-state index >= 15 is 0 Å². The van der Waals surface area contributed by atoms with Crippen LogP contribution in [0.5, 0.6) is 0 Å². The van der Waals surface area contributed by atoms with E-state index in [1.807, 2.05) is 49.6 Å². The third-order valence-corrected chi connectivity index (χ3v) is 4.80. The van der Waals surface area contributed by atoms with Gasteiger partial charge in [-0.15, -0.1) is 11.3 Å². The fourth-order valence-corrected chi connectivity index (χ4v) is 3.42. The summed E-state index contributed by atoms with van der Waals surface area (Å²) in [6.07, 6.45) is 0.633. The molecule has 1 aromatic heterocycles. The Morgan fingerprint density at radius 2 is 1.88 bits per heavy atom. The first kappa shape index (κ1) is 12.8. The summed E-state index contributed by atoms with van der Waals surface area (Å²) in [4.78, 5) is 1.18. The Hall–Kier alpha value is -0.640. The van der Waals surface area contributed by atoms with E-state index in [1.54, 1.807) is 11.3 Å². The van der Waals surface area contributed by atoms with Gasteiger partial charge in [0.1, 0.15) is 0 Å². The predicted molar refractivity (Wildman–Crippen MR) is 76.5 cm³/mol. The molecule has 1 atom stereocenters. The molecule has 1 aromatic carbocycles. The number of hydrogen-bond donors (Lipinski definition) is 1. The average molecular weight is 311 g/mol. The molecule has 2 rings (SSSR count). The SMILES string of the molecule is Cc1ccc(C(C)(O)Cc2sccc2Br)cc1. The topological polar surface area (TPSA) is 20.2 Å². The summed E-state index contributed by atoms with van der Waals surface area (Å²) in [5.41, 5.74) is 1.35. The fourth-order valence-electron chi connectivity index (χ4n) is 1.78. The molecule has 0 aliphatic rings. The van der Waals surface area contributed by atoms with Crippen LogP contribution in [0.3, 0.4) is 0 Å². The lowest BCUT2D eigenvalue weighted by atomic mass is 9.91. The Morgan fingerprint density at radius 1 is 1.24 bits per heavy atom. The van der Waals surface area contributed by atoms with Crippen LogP contribution < -0.4 is 0 Å². The van der Waals surface area contributed by atoms with Crippen LogP contribution in [0.15, 0.2) is 40.2 Å². The minimum absolute atomic E-state index is 0.633. The molecule has 1 heterocycles. The van der Waals surface area contributed by atoms with Gasteiger partial charge < -0.3 is 5.11 Å². The second kappa shape index (κ2) is 4.92. The van der Waals surface area contributed by atoms with Crippen molar-refractivity contribution in [1.29, 1.82) is 0 Å². The number of aliphatic hydroxyl groups is 1. The molecule has 90 valence electrons. The normalized spacial score (nSPS) is 14.6. The molecule has 0 spiro atoms. The van der Waals surface area contributed by atoms with Crippen LogP contribution in [0.2, 0.25) is 0 Å². The van der Waals surface area contributed by atoms with Crippen LogP contribution in [0, 0.1) is 6.92 Å². The van der Waals surface area contributed by atoms with Gasteiger partial charge in [-0.1, -0.05) is 29.8 Å². The van der Waals surface area contributed by atoms with Crippen molar-refractivity contribution in [2.75, 3.05) is 0 Å². The van der Waals surface area contributed by atoms with Gasteiger partial charge in [-0.25, -0.2) is 0 Å². The smallest absolute Gasteiger partial charge is 0.0917 e. The molecule has 17 heavy (non-hydrogen) atoms. The molecule has 0 aliphatic heterocycles. The average Bonchev–Trinajstić information content (AvgIpc) is 2.64. The maximum atomic E-state index is 10.6. The van der Waals surface area contributed by atoms with Crippen molar-refractivity contribution in [3.05, 3.63) is 56.2 Å². The summed E-state index contributed by atoms with van der Waals surface area (Å²) in [5, 5.41) is 12.6. The van der Waals surface area contributed by atoms with Gasteiger partial charge in [0, 0.05) is 15.8 Å². The minimum atomic E-state index is -0.818. The summed E-state index contributed by atoms with van der Waals surface area (Å²) >= 11 is 5.17. The van der Waals surface area contributed by atoms with Gasteiger partial charge in [-0.3, -0.25) is 0 Å². The Bertz CT molecular complexity index is 499. The lowest BCUT2D eigenvalue weighted by Gasteiger charge is -2.23. The molecule has 0 radical (unpaired) electrons. The molecule has 0 aliphatic carbocycles. The standard InChI is InChI=1S/C14H15BrOS/c1-10-3-5-11(6-4-10)14(2,16)9-13-12(15)7-8-17-13/h3-8,16H,9H2,1-2H3. The molecule has 0 saturated heterocycles. The van der Waals surface area contributed by atoms with Gasteiger partial charge in [0.05, 0.1) is 5.60 Å². The van der Waals surface area contributed by atoms with E-state index in [4.69, 9.17) is 0 Å². The highest BCUT2D eigenvalue weighted by atomic mass is 79.9. The van der Waals surface area contributed by atoms with Gasteiger partial charge in [0.25, 0.3) is 0 Å². The van der Waals surface area contributed by atoms with Gasteiger partial charge in [-0.05, 0) is 46.8 Å². The van der Waals surface area contributed by atoms with Crippen molar-refractivity contribution in [3.63, 3.8) is 0 Å². The summed E-state index contributed by atoms with van der Waals surface area (Å²) < 4.78 is 1.08. The zero-order valence-electron chi connectivity index (χ0n) is 9.90. The number of rotatable bonds is 3. The van der Waals surface area contributed by atoms with E-state index in [9.17, 15) is 5.11 Å². The first-order valence-corrected chi connectivity index (χ1v) is 7.18. The van der Waals surface area contributed by atoms with Crippen molar-refractivity contribution >= 4 is 27.3 Å². The Labute approximate surface area is 114 Å². The number of hydrogen-bond acceptors (Lipinski definition) is 2. The van der Waals surface area contributed by atoms with Gasteiger partial charge in [-0.2, -0.15) is 0 Å². The molecule has 1 unspecified atom stereocenters. The van der Waals surface area contributed by atoms with Crippen molar-refractivity contribution in [3.8, 4) is 0 Å². The van der Waals surface area contributed by atoms with E-state index < -0.39 is 5.60 Å². The molecule has 0 amide bonds. The zero-order chi connectivity index (χ0) is 12.5. The van der Waals surface area contributed by atoms with Crippen LogP contribution in [-0.2, 0) is 12.0 Å². The molecule has 1 N–H and O–H groups in total. The second-order valence-electron chi connectivity index (χ2n) is 4.51. The van der Waals surface area contributed by atoms with Gasteiger partial charge in [0.2, 0.25) is 0 Å². The fraction of sp³-hybridized carbons (Fsp3) is 0.286. The van der Waals surface area contributed by atoms with Crippen LogP contribution in [0.1, 0.15) is 22.9 Å². The zero-order valence-corrected chi connectivity index (χ0v) is 12.3. The van der Waals surface area contributed by atoms with E-state index in [2.05, 4.69) is 15.9 Å². The number of aryl methyl sites for hydroxylation is 1. The largest absolute Gasteiger partial charge is 0.385 e. The van der Waals surface area contributed by atoms with Crippen LogP contribution >= 0.6 is 27.3 Å². The molecule has 1 nitrogen and oxygen atoms in total. The Kier molecular flexibility index (Phi) is 3.71. The van der Waals surface area contributed by atoms with Crippen LogP contribution in [0.25, 0.3) is 0 Å².